The second-order valence-corrected chi connectivity index (χ2v) is 7.70. The van der Waals surface area contributed by atoms with Crippen LogP contribution in [0.3, 0.4) is 0 Å². The third-order valence-electron chi connectivity index (χ3n) is 5.29. The summed E-state index contributed by atoms with van der Waals surface area (Å²) in [6.45, 7) is 5.55. The van der Waals surface area contributed by atoms with Crippen molar-refractivity contribution >= 4 is 11.6 Å². The number of benzene rings is 1. The van der Waals surface area contributed by atoms with E-state index in [0.717, 1.165) is 26.1 Å². The van der Waals surface area contributed by atoms with Crippen LogP contribution in [0.5, 0.6) is 0 Å². The maximum absolute atomic E-state index is 13.1. The Labute approximate surface area is 186 Å². The van der Waals surface area contributed by atoms with Crippen molar-refractivity contribution in [3.63, 3.8) is 0 Å². The van der Waals surface area contributed by atoms with Crippen molar-refractivity contribution in [3.8, 4) is 0 Å². The Morgan fingerprint density at radius 1 is 1.06 bits per heavy atom. The predicted molar refractivity (Wildman–Crippen MR) is 108 cm³/mol. The van der Waals surface area contributed by atoms with Crippen LogP contribution in [-0.4, -0.2) is 58.6 Å². The van der Waals surface area contributed by atoms with Gasteiger partial charge in [0.15, 0.2) is 0 Å². The molecule has 2 aromatic rings. The second-order valence-electron chi connectivity index (χ2n) is 7.70. The molecule has 13 heteroatoms. The Morgan fingerprint density at radius 3 is 2.15 bits per heavy atom. The Bertz CT molecular complexity index is 890. The van der Waals surface area contributed by atoms with Gasteiger partial charge in [-0.05, 0) is 37.2 Å². The summed E-state index contributed by atoms with van der Waals surface area (Å²) in [5.74, 6) is -0.644. The molecule has 7 nitrogen and oxygen atoms in total. The van der Waals surface area contributed by atoms with E-state index in [1.807, 2.05) is 4.90 Å². The van der Waals surface area contributed by atoms with Crippen molar-refractivity contribution < 1.29 is 31.1 Å². The van der Waals surface area contributed by atoms with E-state index in [-0.39, 0.29) is 6.07 Å². The molecule has 0 bridgehead atoms. The molecule has 33 heavy (non-hydrogen) atoms. The minimum absolute atomic E-state index is 0.0240. The number of nitrogens with one attached hydrogen (secondary N) is 3. The Kier molecular flexibility index (Phi) is 7.52. The lowest BCUT2D eigenvalue weighted by Gasteiger charge is -2.38. The minimum atomic E-state index is -4.99. The molecule has 182 valence electrons. The highest BCUT2D eigenvalue weighted by Gasteiger charge is 2.37. The average molecular weight is 478 g/mol. The van der Waals surface area contributed by atoms with Crippen molar-refractivity contribution in [1.82, 2.24) is 25.4 Å². The lowest BCUT2D eigenvalue weighted by molar-refractivity contribution is -0.143. The van der Waals surface area contributed by atoms with E-state index in [4.69, 9.17) is 0 Å². The van der Waals surface area contributed by atoms with E-state index < -0.39 is 41.1 Å². The molecule has 1 amide bonds. The fourth-order valence-corrected chi connectivity index (χ4v) is 3.71. The Morgan fingerprint density at radius 2 is 1.67 bits per heavy atom. The van der Waals surface area contributed by atoms with E-state index in [0.29, 0.717) is 30.9 Å². The molecular weight excluding hydrogens is 454 g/mol. The van der Waals surface area contributed by atoms with Crippen molar-refractivity contribution in [2.45, 2.75) is 31.7 Å². The molecule has 2 heterocycles. The van der Waals surface area contributed by atoms with Gasteiger partial charge in [0.25, 0.3) is 5.91 Å². The molecule has 1 saturated heterocycles. The standard InChI is InChI=1S/C20H24F6N6O/c1-2-5-31-6-8-32(9-7-31)17(16-3-4-27-29-16)18(33)30-28-15-11-13(19(21,22)23)10-14(12-15)20(24,25)26/h3-4,10-12,17,28H,2,5-9H2,1H3,(H,27,29)(H,30,33). The number of halogens is 6. The van der Waals surface area contributed by atoms with Gasteiger partial charge in [0.2, 0.25) is 0 Å². The number of carbonyl (C=O) groups excluding carboxylic acids is 1. The molecule has 0 saturated carbocycles. The van der Waals surface area contributed by atoms with E-state index in [1.165, 1.54) is 6.20 Å². The molecule has 1 aromatic heterocycles. The van der Waals surface area contributed by atoms with Crippen LogP contribution >= 0.6 is 0 Å². The number of aromatic amines is 1. The van der Waals surface area contributed by atoms with Crippen LogP contribution in [0.2, 0.25) is 0 Å². The number of hydrogen-bond acceptors (Lipinski definition) is 5. The van der Waals surface area contributed by atoms with Gasteiger partial charge >= 0.3 is 12.4 Å². The zero-order valence-corrected chi connectivity index (χ0v) is 17.7. The number of rotatable bonds is 7. The molecule has 1 aliphatic rings. The maximum Gasteiger partial charge on any atom is 0.416 e. The first kappa shape index (κ1) is 24.8. The minimum Gasteiger partial charge on any atom is -0.301 e. The predicted octanol–water partition coefficient (Wildman–Crippen LogP) is 3.66. The van der Waals surface area contributed by atoms with E-state index in [9.17, 15) is 31.1 Å². The van der Waals surface area contributed by atoms with Gasteiger partial charge in [0.1, 0.15) is 6.04 Å². The van der Waals surface area contributed by atoms with Crippen molar-refractivity contribution in [2.75, 3.05) is 38.1 Å². The van der Waals surface area contributed by atoms with Crippen LogP contribution in [0.1, 0.15) is 36.2 Å². The van der Waals surface area contributed by atoms with Crippen LogP contribution in [0, 0.1) is 0 Å². The topological polar surface area (TPSA) is 76.3 Å². The highest BCUT2D eigenvalue weighted by Crippen LogP contribution is 2.37. The quantitative estimate of drug-likeness (QED) is 0.419. The van der Waals surface area contributed by atoms with E-state index in [2.05, 4.69) is 32.9 Å². The monoisotopic (exact) mass is 478 g/mol. The van der Waals surface area contributed by atoms with Gasteiger partial charge in [0, 0.05) is 32.4 Å². The van der Waals surface area contributed by atoms with Gasteiger partial charge in [0.05, 0.1) is 22.5 Å². The van der Waals surface area contributed by atoms with Gasteiger partial charge in [-0.1, -0.05) is 6.92 Å². The zero-order valence-electron chi connectivity index (χ0n) is 17.7. The summed E-state index contributed by atoms with van der Waals surface area (Å²) >= 11 is 0. The summed E-state index contributed by atoms with van der Waals surface area (Å²) in [6, 6.07) is 1.77. The van der Waals surface area contributed by atoms with Crippen LogP contribution < -0.4 is 10.9 Å². The van der Waals surface area contributed by atoms with Gasteiger partial charge < -0.3 is 4.90 Å². The maximum atomic E-state index is 13.1. The molecule has 0 aliphatic carbocycles. The summed E-state index contributed by atoms with van der Waals surface area (Å²) < 4.78 is 78.4. The number of amides is 1. The highest BCUT2D eigenvalue weighted by molar-refractivity contribution is 5.83. The summed E-state index contributed by atoms with van der Waals surface area (Å²) in [5.41, 5.74) is 1.42. The van der Waals surface area contributed by atoms with Crippen LogP contribution in [0.4, 0.5) is 32.0 Å². The number of hydrogen-bond donors (Lipinski definition) is 3. The smallest absolute Gasteiger partial charge is 0.301 e. The molecule has 1 unspecified atom stereocenters. The van der Waals surface area contributed by atoms with Gasteiger partial charge in [-0.25, -0.2) is 0 Å². The van der Waals surface area contributed by atoms with Crippen molar-refractivity contribution in [2.24, 2.45) is 0 Å². The van der Waals surface area contributed by atoms with Crippen LogP contribution in [-0.2, 0) is 17.1 Å². The van der Waals surface area contributed by atoms with E-state index >= 15 is 0 Å². The zero-order chi connectivity index (χ0) is 24.2. The molecule has 3 N–H and O–H groups in total. The molecule has 1 aliphatic heterocycles. The third kappa shape index (κ3) is 6.38. The lowest BCUT2D eigenvalue weighted by atomic mass is 10.1. The molecule has 0 spiro atoms. The van der Waals surface area contributed by atoms with Gasteiger partial charge in [-0.3, -0.25) is 25.6 Å². The average Bonchev–Trinajstić information content (AvgIpc) is 3.27. The Balaban J connectivity index is 1.77. The number of anilines is 1. The fourth-order valence-electron chi connectivity index (χ4n) is 3.71. The van der Waals surface area contributed by atoms with Crippen molar-refractivity contribution in [1.29, 1.82) is 0 Å². The highest BCUT2D eigenvalue weighted by atomic mass is 19.4. The first-order chi connectivity index (χ1) is 15.5. The molecule has 1 aromatic carbocycles. The number of H-pyrrole nitrogens is 1. The van der Waals surface area contributed by atoms with Gasteiger partial charge in [-0.15, -0.1) is 0 Å². The number of aromatic nitrogens is 2. The second kappa shape index (κ2) is 10.00. The third-order valence-corrected chi connectivity index (χ3v) is 5.29. The fraction of sp³-hybridized carbons (Fsp3) is 0.500. The Hall–Kier alpha value is -2.80. The van der Waals surface area contributed by atoms with Crippen LogP contribution in [0.15, 0.2) is 30.5 Å². The molecule has 3 rings (SSSR count). The number of piperazine rings is 1. The number of carbonyl (C=O) groups is 1. The summed E-state index contributed by atoms with van der Waals surface area (Å²) in [4.78, 5) is 17.1. The molecular formula is C20H24F6N6O. The van der Waals surface area contributed by atoms with Gasteiger partial charge in [-0.2, -0.15) is 31.4 Å². The summed E-state index contributed by atoms with van der Waals surface area (Å²) in [6.07, 6.45) is -7.53. The molecule has 1 atom stereocenters. The normalized spacial score (nSPS) is 17.1. The molecule has 1 fully saturated rings. The van der Waals surface area contributed by atoms with Crippen LogP contribution in [0.25, 0.3) is 0 Å². The molecule has 0 radical (unpaired) electrons. The first-order valence-electron chi connectivity index (χ1n) is 10.3. The summed E-state index contributed by atoms with van der Waals surface area (Å²) in [5, 5.41) is 6.56. The first-order valence-corrected chi connectivity index (χ1v) is 10.3. The van der Waals surface area contributed by atoms with Crippen molar-refractivity contribution in [3.05, 3.63) is 47.3 Å². The largest absolute Gasteiger partial charge is 0.416 e. The SMILES string of the molecule is CCCN1CCN(C(C(=O)NNc2cc(C(F)(F)F)cc(C(F)(F)F)c2)c2ccn[nH]2)CC1. The van der Waals surface area contributed by atoms with E-state index in [1.54, 1.807) is 6.07 Å². The number of alkyl halides is 6. The lowest BCUT2D eigenvalue weighted by Crippen LogP contribution is -2.51. The summed E-state index contributed by atoms with van der Waals surface area (Å²) in [7, 11) is 0. The number of hydrazine groups is 1. The number of nitrogens with zero attached hydrogens (tertiary/aromatic N) is 3.